The molecule has 1 aliphatic rings. The molecule has 3 aromatic rings. The zero-order valence-corrected chi connectivity index (χ0v) is 17.1. The van der Waals surface area contributed by atoms with Crippen molar-refractivity contribution in [3.8, 4) is 0 Å². The number of anilines is 3. The van der Waals surface area contributed by atoms with Crippen molar-refractivity contribution in [2.24, 2.45) is 0 Å². The van der Waals surface area contributed by atoms with Gasteiger partial charge in [0, 0.05) is 50.7 Å². The van der Waals surface area contributed by atoms with Crippen molar-refractivity contribution in [3.05, 3.63) is 30.9 Å². The fourth-order valence-electron chi connectivity index (χ4n) is 3.26. The molecule has 4 rings (SSSR count). The first-order valence-electron chi connectivity index (χ1n) is 9.27. The third-order valence-electron chi connectivity index (χ3n) is 4.80. The molecule has 1 N–H and O–H groups in total. The monoisotopic (exact) mass is 400 g/mol. The van der Waals surface area contributed by atoms with E-state index < -0.39 is 11.0 Å². The highest BCUT2D eigenvalue weighted by molar-refractivity contribution is 7.81. The second-order valence-electron chi connectivity index (χ2n) is 7.01. The molecule has 10 heteroatoms. The van der Waals surface area contributed by atoms with Gasteiger partial charge in [0.05, 0.1) is 29.0 Å². The highest BCUT2D eigenvalue weighted by atomic mass is 32.2. The summed E-state index contributed by atoms with van der Waals surface area (Å²) in [5.41, 5.74) is 1.90. The third-order valence-corrected chi connectivity index (χ3v) is 5.89. The largest absolute Gasteiger partial charge is 0.338 e. The first-order valence-corrected chi connectivity index (χ1v) is 10.8. The Hall–Kier alpha value is -2.59. The van der Waals surface area contributed by atoms with Crippen LogP contribution in [0.3, 0.4) is 0 Å². The summed E-state index contributed by atoms with van der Waals surface area (Å²) < 4.78 is 15.7. The Kier molecular flexibility index (Phi) is 5.23. The van der Waals surface area contributed by atoms with Crippen LogP contribution in [-0.2, 0) is 11.0 Å². The van der Waals surface area contributed by atoms with Crippen molar-refractivity contribution in [2.45, 2.75) is 19.9 Å². The van der Waals surface area contributed by atoms with Gasteiger partial charge in [-0.3, -0.25) is 0 Å². The molecule has 9 nitrogen and oxygen atoms in total. The Balaban J connectivity index is 1.52. The summed E-state index contributed by atoms with van der Waals surface area (Å²) in [6, 6.07) is 4.13. The molecule has 0 aliphatic carbocycles. The van der Waals surface area contributed by atoms with Gasteiger partial charge >= 0.3 is 0 Å². The Morgan fingerprint density at radius 1 is 1.11 bits per heavy atom. The highest BCUT2D eigenvalue weighted by Gasteiger charge is 2.21. The fraction of sp³-hybridized carbons (Fsp3) is 0.444. The van der Waals surface area contributed by atoms with Gasteiger partial charge in [-0.05, 0) is 19.9 Å². The van der Waals surface area contributed by atoms with E-state index in [9.17, 15) is 4.21 Å². The number of hydrogen-bond acceptors (Lipinski definition) is 7. The van der Waals surface area contributed by atoms with Crippen molar-refractivity contribution in [1.82, 2.24) is 28.8 Å². The van der Waals surface area contributed by atoms with Crippen molar-refractivity contribution >= 4 is 39.6 Å². The third kappa shape index (κ3) is 3.83. The molecular weight excluding hydrogens is 376 g/mol. The van der Waals surface area contributed by atoms with Gasteiger partial charge in [-0.1, -0.05) is 0 Å². The second-order valence-corrected chi connectivity index (χ2v) is 8.37. The van der Waals surface area contributed by atoms with Crippen LogP contribution in [0.15, 0.2) is 30.9 Å². The van der Waals surface area contributed by atoms with E-state index >= 15 is 0 Å². The van der Waals surface area contributed by atoms with Crippen molar-refractivity contribution in [1.29, 1.82) is 0 Å². The molecule has 0 aromatic carbocycles. The van der Waals surface area contributed by atoms with E-state index in [1.807, 2.05) is 22.8 Å². The molecule has 1 atom stereocenters. The maximum atomic E-state index is 11.6. The van der Waals surface area contributed by atoms with Crippen LogP contribution in [0.1, 0.15) is 19.9 Å². The van der Waals surface area contributed by atoms with Gasteiger partial charge < -0.3 is 14.8 Å². The average molecular weight is 401 g/mol. The number of pyridine rings is 1. The molecule has 148 valence electrons. The van der Waals surface area contributed by atoms with E-state index in [2.05, 4.69) is 48.6 Å². The molecular formula is C18H24N8OS. The predicted molar refractivity (Wildman–Crippen MR) is 111 cm³/mol. The van der Waals surface area contributed by atoms with E-state index in [0.717, 1.165) is 37.2 Å². The molecule has 4 heterocycles. The lowest BCUT2D eigenvalue weighted by Crippen LogP contribution is -2.47. The molecule has 0 amide bonds. The molecule has 1 fully saturated rings. The lowest BCUT2D eigenvalue weighted by molar-refractivity contribution is 0.409. The minimum absolute atomic E-state index is 0.321. The van der Waals surface area contributed by atoms with Gasteiger partial charge in [0.2, 0.25) is 5.95 Å². The minimum atomic E-state index is -0.930. The van der Waals surface area contributed by atoms with Crippen molar-refractivity contribution in [2.75, 3.05) is 42.7 Å². The number of nitrogens with zero attached hydrogens (tertiary/aromatic N) is 7. The van der Waals surface area contributed by atoms with Crippen molar-refractivity contribution < 1.29 is 4.21 Å². The molecule has 0 bridgehead atoms. The van der Waals surface area contributed by atoms with Gasteiger partial charge in [-0.2, -0.15) is 4.98 Å². The average Bonchev–Trinajstić information content (AvgIpc) is 3.12. The van der Waals surface area contributed by atoms with Crippen LogP contribution >= 0.6 is 0 Å². The van der Waals surface area contributed by atoms with Crippen LogP contribution in [0.5, 0.6) is 0 Å². The van der Waals surface area contributed by atoms with Gasteiger partial charge in [0.25, 0.3) is 0 Å². The Bertz CT molecular complexity index is 996. The predicted octanol–water partition coefficient (Wildman–Crippen LogP) is 1.96. The molecule has 28 heavy (non-hydrogen) atoms. The van der Waals surface area contributed by atoms with Gasteiger partial charge in [0.1, 0.15) is 17.2 Å². The summed E-state index contributed by atoms with van der Waals surface area (Å²) in [5, 5.41) is 3.27. The molecule has 1 unspecified atom stereocenters. The zero-order chi connectivity index (χ0) is 19.7. The fourth-order valence-corrected chi connectivity index (χ4v) is 3.93. The highest BCUT2D eigenvalue weighted by Crippen LogP contribution is 2.22. The number of hydrogen-bond donors (Lipinski definition) is 1. The topological polar surface area (TPSA) is 92.1 Å². The van der Waals surface area contributed by atoms with Crippen LogP contribution in [-0.4, -0.2) is 65.5 Å². The first kappa shape index (κ1) is 18.8. The summed E-state index contributed by atoms with van der Waals surface area (Å²) in [4.78, 5) is 20.0. The van der Waals surface area contributed by atoms with E-state index in [-0.39, 0.29) is 0 Å². The number of piperazine rings is 1. The first-order chi connectivity index (χ1) is 13.5. The molecule has 0 radical (unpaired) electrons. The molecule has 0 spiro atoms. The summed E-state index contributed by atoms with van der Waals surface area (Å²) in [5.74, 6) is 2.07. The lowest BCUT2D eigenvalue weighted by Gasteiger charge is -2.33. The van der Waals surface area contributed by atoms with Crippen LogP contribution in [0, 0.1) is 0 Å². The normalized spacial score (nSPS) is 16.6. The maximum absolute atomic E-state index is 11.6. The SMILES string of the molecule is CC(C)n1cnc2cnc(Nc3ccnc(N4CCN(S(C)=O)CC4)n3)cc21. The second kappa shape index (κ2) is 7.80. The maximum Gasteiger partial charge on any atom is 0.227 e. The van der Waals surface area contributed by atoms with Crippen LogP contribution in [0.2, 0.25) is 0 Å². The van der Waals surface area contributed by atoms with Crippen LogP contribution < -0.4 is 10.2 Å². The smallest absolute Gasteiger partial charge is 0.227 e. The van der Waals surface area contributed by atoms with Crippen LogP contribution in [0.4, 0.5) is 17.6 Å². The summed E-state index contributed by atoms with van der Waals surface area (Å²) in [6.07, 6.45) is 7.06. The van der Waals surface area contributed by atoms with Crippen molar-refractivity contribution in [3.63, 3.8) is 0 Å². The summed E-state index contributed by atoms with van der Waals surface area (Å²) in [7, 11) is -0.930. The molecule has 1 saturated heterocycles. The lowest BCUT2D eigenvalue weighted by atomic mass is 10.3. The number of aromatic nitrogens is 5. The van der Waals surface area contributed by atoms with E-state index in [4.69, 9.17) is 0 Å². The summed E-state index contributed by atoms with van der Waals surface area (Å²) >= 11 is 0. The minimum Gasteiger partial charge on any atom is -0.338 e. The number of imidazole rings is 1. The van der Waals surface area contributed by atoms with E-state index in [0.29, 0.717) is 23.6 Å². The Labute approximate surface area is 166 Å². The van der Waals surface area contributed by atoms with Gasteiger partial charge in [-0.25, -0.2) is 23.5 Å². The van der Waals surface area contributed by atoms with E-state index in [1.54, 1.807) is 18.6 Å². The molecule has 0 saturated carbocycles. The zero-order valence-electron chi connectivity index (χ0n) is 16.2. The van der Waals surface area contributed by atoms with E-state index in [1.165, 1.54) is 0 Å². The van der Waals surface area contributed by atoms with Gasteiger partial charge in [0.15, 0.2) is 0 Å². The number of fused-ring (bicyclic) bond motifs is 1. The van der Waals surface area contributed by atoms with Gasteiger partial charge in [-0.15, -0.1) is 0 Å². The standard InChI is InChI=1S/C18H24N8OS/c1-13(2)26-12-21-14-11-20-17(10-15(14)26)22-16-4-5-19-18(23-16)24-6-8-25(9-7-24)28(3)27/h4-5,10-13H,6-9H2,1-3H3,(H,19,20,22,23). The van der Waals surface area contributed by atoms with Crippen LogP contribution in [0.25, 0.3) is 11.0 Å². The molecule has 1 aliphatic heterocycles. The summed E-state index contributed by atoms with van der Waals surface area (Å²) in [6.45, 7) is 7.23. The number of rotatable bonds is 5. The number of nitrogens with one attached hydrogen (secondary N) is 1. The molecule has 3 aromatic heterocycles. The Morgan fingerprint density at radius 2 is 1.89 bits per heavy atom. The Morgan fingerprint density at radius 3 is 2.61 bits per heavy atom. The quantitative estimate of drug-likeness (QED) is 0.700.